The minimum Gasteiger partial charge on any atom is -0.390 e. The van der Waals surface area contributed by atoms with Gasteiger partial charge in [0.05, 0.1) is 5.60 Å². The maximum Gasteiger partial charge on any atom is 0.0678 e. The number of aliphatic hydroxyl groups is 1. The van der Waals surface area contributed by atoms with E-state index in [9.17, 15) is 5.11 Å². The van der Waals surface area contributed by atoms with Crippen LogP contribution >= 0.6 is 0 Å². The highest BCUT2D eigenvalue weighted by atomic mass is 16.3. The molecule has 0 aromatic rings. The molecule has 0 spiro atoms. The van der Waals surface area contributed by atoms with Crippen LogP contribution in [0.4, 0.5) is 0 Å². The normalized spacial score (nSPS) is 38.1. The summed E-state index contributed by atoms with van der Waals surface area (Å²) in [5, 5.41) is 9.62. The second kappa shape index (κ2) is 2.91. The Bertz CT molecular complexity index is 111. The summed E-state index contributed by atoms with van der Waals surface area (Å²) < 4.78 is 0. The average Bonchev–Trinajstić information content (AvgIpc) is 2.59. The fourth-order valence-electron chi connectivity index (χ4n) is 1.62. The van der Waals surface area contributed by atoms with Crippen LogP contribution in [0.5, 0.6) is 0 Å². The van der Waals surface area contributed by atoms with Gasteiger partial charge in [0, 0.05) is 0 Å². The Morgan fingerprint density at radius 1 is 1.50 bits per heavy atom. The van der Waals surface area contributed by atoms with Crippen molar-refractivity contribution in [2.24, 2.45) is 5.92 Å². The molecule has 0 bridgehead atoms. The van der Waals surface area contributed by atoms with Gasteiger partial charge >= 0.3 is 0 Å². The molecular weight excluding hydrogens is 124 g/mol. The van der Waals surface area contributed by atoms with Gasteiger partial charge in [0.15, 0.2) is 0 Å². The predicted octanol–water partition coefficient (Wildman–Crippen LogP) is 2.34. The Kier molecular flexibility index (Phi) is 2.35. The fraction of sp³-hybridized carbons (Fsp3) is 1.00. The lowest BCUT2D eigenvalue weighted by atomic mass is 10.1. The topological polar surface area (TPSA) is 20.2 Å². The van der Waals surface area contributed by atoms with E-state index in [0.717, 1.165) is 12.8 Å². The van der Waals surface area contributed by atoms with Crippen molar-refractivity contribution in [1.82, 2.24) is 0 Å². The molecule has 1 saturated carbocycles. The molecule has 1 aliphatic carbocycles. The van der Waals surface area contributed by atoms with Crippen LogP contribution in [0.1, 0.15) is 46.0 Å². The zero-order valence-corrected chi connectivity index (χ0v) is 7.06. The first-order valence-electron chi connectivity index (χ1n) is 4.45. The van der Waals surface area contributed by atoms with Crippen LogP contribution < -0.4 is 0 Å². The Balaban J connectivity index is 2.12. The zero-order chi connectivity index (χ0) is 7.61. The molecule has 1 aliphatic rings. The van der Waals surface area contributed by atoms with E-state index in [0.29, 0.717) is 5.92 Å². The van der Waals surface area contributed by atoms with Gasteiger partial charge in [-0.05, 0) is 25.2 Å². The zero-order valence-electron chi connectivity index (χ0n) is 7.06. The third-order valence-electron chi connectivity index (χ3n) is 2.72. The Morgan fingerprint density at radius 3 is 2.60 bits per heavy atom. The molecule has 0 heterocycles. The van der Waals surface area contributed by atoms with Crippen LogP contribution in [0.3, 0.4) is 0 Å². The molecule has 0 radical (unpaired) electrons. The number of hydrogen-bond donors (Lipinski definition) is 1. The first-order chi connectivity index (χ1) is 4.73. The molecule has 1 heteroatoms. The molecule has 0 amide bonds. The van der Waals surface area contributed by atoms with Gasteiger partial charge in [-0.15, -0.1) is 0 Å². The smallest absolute Gasteiger partial charge is 0.0678 e. The third-order valence-corrected chi connectivity index (χ3v) is 2.72. The molecule has 0 aliphatic heterocycles. The molecular formula is C9H18O. The van der Waals surface area contributed by atoms with Crippen LogP contribution in [-0.2, 0) is 0 Å². The van der Waals surface area contributed by atoms with Crippen molar-refractivity contribution in [3.05, 3.63) is 0 Å². The highest BCUT2D eigenvalue weighted by Gasteiger charge is 2.50. The molecule has 2 atom stereocenters. The predicted molar refractivity (Wildman–Crippen MR) is 42.9 cm³/mol. The van der Waals surface area contributed by atoms with Gasteiger partial charge in [0.1, 0.15) is 0 Å². The maximum atomic E-state index is 9.62. The molecule has 60 valence electrons. The highest BCUT2D eigenvalue weighted by molar-refractivity contribution is 5.01. The lowest BCUT2D eigenvalue weighted by molar-refractivity contribution is 0.124. The summed E-state index contributed by atoms with van der Waals surface area (Å²) in [6.45, 7) is 4.28. The molecule has 1 N–H and O–H groups in total. The van der Waals surface area contributed by atoms with Gasteiger partial charge in [0.25, 0.3) is 0 Å². The SMILES string of the molecule is CCCC[C@H]1C[C@@]1(O)CC. The van der Waals surface area contributed by atoms with Crippen LogP contribution in [-0.4, -0.2) is 10.7 Å². The van der Waals surface area contributed by atoms with Gasteiger partial charge in [0.2, 0.25) is 0 Å². The van der Waals surface area contributed by atoms with E-state index in [1.165, 1.54) is 19.3 Å². The monoisotopic (exact) mass is 142 g/mol. The van der Waals surface area contributed by atoms with Gasteiger partial charge in [-0.2, -0.15) is 0 Å². The third kappa shape index (κ3) is 1.51. The molecule has 1 rings (SSSR count). The molecule has 0 aromatic carbocycles. The lowest BCUT2D eigenvalue weighted by Gasteiger charge is -2.04. The fourth-order valence-corrected chi connectivity index (χ4v) is 1.62. The summed E-state index contributed by atoms with van der Waals surface area (Å²) in [6.07, 6.45) is 5.79. The summed E-state index contributed by atoms with van der Waals surface area (Å²) in [5.41, 5.74) is -0.241. The van der Waals surface area contributed by atoms with Crippen LogP contribution in [0.2, 0.25) is 0 Å². The van der Waals surface area contributed by atoms with Crippen LogP contribution in [0, 0.1) is 5.92 Å². The van der Waals surface area contributed by atoms with Crippen molar-refractivity contribution in [2.45, 2.75) is 51.6 Å². The van der Waals surface area contributed by atoms with Gasteiger partial charge in [-0.1, -0.05) is 26.7 Å². The van der Waals surface area contributed by atoms with Crippen molar-refractivity contribution in [2.75, 3.05) is 0 Å². The highest BCUT2D eigenvalue weighted by Crippen LogP contribution is 2.48. The summed E-state index contributed by atoms with van der Waals surface area (Å²) in [5.74, 6) is 0.637. The van der Waals surface area contributed by atoms with Gasteiger partial charge in [-0.25, -0.2) is 0 Å². The lowest BCUT2D eigenvalue weighted by Crippen LogP contribution is -2.08. The second-order valence-electron chi connectivity index (χ2n) is 3.50. The molecule has 1 fully saturated rings. The van der Waals surface area contributed by atoms with E-state index in [-0.39, 0.29) is 5.60 Å². The van der Waals surface area contributed by atoms with Crippen molar-refractivity contribution in [3.63, 3.8) is 0 Å². The summed E-state index contributed by atoms with van der Waals surface area (Å²) in [4.78, 5) is 0. The number of rotatable bonds is 4. The van der Waals surface area contributed by atoms with Gasteiger partial charge < -0.3 is 5.11 Å². The Hall–Kier alpha value is -0.0400. The van der Waals surface area contributed by atoms with Crippen molar-refractivity contribution >= 4 is 0 Å². The Labute approximate surface area is 63.4 Å². The standard InChI is InChI=1S/C9H18O/c1-3-5-6-8-7-9(8,10)4-2/h8,10H,3-7H2,1-2H3/t8-,9-/m0/s1. The summed E-state index contributed by atoms with van der Waals surface area (Å²) in [7, 11) is 0. The summed E-state index contributed by atoms with van der Waals surface area (Å²) in [6, 6.07) is 0. The quantitative estimate of drug-likeness (QED) is 0.638. The summed E-state index contributed by atoms with van der Waals surface area (Å²) >= 11 is 0. The van der Waals surface area contributed by atoms with Gasteiger partial charge in [-0.3, -0.25) is 0 Å². The first kappa shape index (κ1) is 8.06. The molecule has 1 nitrogen and oxygen atoms in total. The molecule has 0 saturated heterocycles. The minimum absolute atomic E-state index is 0.241. The van der Waals surface area contributed by atoms with Crippen molar-refractivity contribution in [1.29, 1.82) is 0 Å². The molecule has 0 aromatic heterocycles. The van der Waals surface area contributed by atoms with Crippen LogP contribution in [0.15, 0.2) is 0 Å². The number of unbranched alkanes of at least 4 members (excludes halogenated alkanes) is 1. The van der Waals surface area contributed by atoms with E-state index >= 15 is 0 Å². The molecule has 0 unspecified atom stereocenters. The van der Waals surface area contributed by atoms with Crippen LogP contribution in [0.25, 0.3) is 0 Å². The molecule has 10 heavy (non-hydrogen) atoms. The van der Waals surface area contributed by atoms with Crippen molar-refractivity contribution < 1.29 is 5.11 Å². The largest absolute Gasteiger partial charge is 0.390 e. The van der Waals surface area contributed by atoms with E-state index in [2.05, 4.69) is 13.8 Å². The van der Waals surface area contributed by atoms with Crippen molar-refractivity contribution in [3.8, 4) is 0 Å². The Morgan fingerprint density at radius 2 is 2.20 bits per heavy atom. The van der Waals surface area contributed by atoms with E-state index in [1.807, 2.05) is 0 Å². The first-order valence-corrected chi connectivity index (χ1v) is 4.45. The maximum absolute atomic E-state index is 9.62. The van der Waals surface area contributed by atoms with E-state index in [4.69, 9.17) is 0 Å². The van der Waals surface area contributed by atoms with E-state index < -0.39 is 0 Å². The minimum atomic E-state index is -0.241. The average molecular weight is 142 g/mol. The van der Waals surface area contributed by atoms with E-state index in [1.54, 1.807) is 0 Å². The second-order valence-corrected chi connectivity index (χ2v) is 3.50. The number of hydrogen-bond acceptors (Lipinski definition) is 1.